The fourth-order valence-electron chi connectivity index (χ4n) is 2.96. The lowest BCUT2D eigenvalue weighted by Gasteiger charge is -2.35. The van der Waals surface area contributed by atoms with E-state index in [4.69, 9.17) is 0 Å². The van der Waals surface area contributed by atoms with Crippen LogP contribution in [0.5, 0.6) is 0 Å². The Morgan fingerprint density at radius 1 is 1.31 bits per heavy atom. The van der Waals surface area contributed by atoms with E-state index in [-0.39, 0.29) is 11.2 Å². The van der Waals surface area contributed by atoms with E-state index in [1.807, 2.05) is 20.8 Å². The van der Waals surface area contributed by atoms with Gasteiger partial charge in [0, 0.05) is 16.4 Å². The van der Waals surface area contributed by atoms with Crippen LogP contribution < -0.4 is 0 Å². The van der Waals surface area contributed by atoms with Crippen LogP contribution >= 0.6 is 0 Å². The molecule has 0 radical (unpaired) electrons. The Morgan fingerprint density at radius 3 is 2.08 bits per heavy atom. The number of hydrogen-bond donors (Lipinski definition) is 1. The molecule has 72 valence electrons. The highest BCUT2D eigenvalue weighted by Gasteiger charge is 2.71. The molecule has 2 fully saturated rings. The molecule has 2 aliphatic carbocycles. The second kappa shape index (κ2) is 1.90. The van der Waals surface area contributed by atoms with Crippen LogP contribution in [0.25, 0.3) is 0 Å². The smallest absolute Gasteiger partial charge is 0.167 e. The van der Waals surface area contributed by atoms with Crippen LogP contribution in [0.3, 0.4) is 0 Å². The number of Topliss-reactive ketones (excluding diaryl/α,β-unsaturated/α-hetero) is 1. The van der Waals surface area contributed by atoms with E-state index in [0.29, 0.717) is 12.0 Å². The second-order valence-corrected chi connectivity index (χ2v) is 5.13. The number of rotatable bonds is 0. The van der Waals surface area contributed by atoms with E-state index in [2.05, 4.69) is 6.58 Å². The highest BCUT2D eigenvalue weighted by Crippen LogP contribution is 2.67. The first-order valence-corrected chi connectivity index (χ1v) is 4.74. The van der Waals surface area contributed by atoms with Gasteiger partial charge in [-0.25, -0.2) is 0 Å². The topological polar surface area (TPSA) is 37.3 Å². The molecule has 1 N–H and O–H groups in total. The van der Waals surface area contributed by atoms with Crippen molar-refractivity contribution in [2.75, 3.05) is 0 Å². The van der Waals surface area contributed by atoms with Gasteiger partial charge in [0.25, 0.3) is 0 Å². The Labute approximate surface area is 78.6 Å². The van der Waals surface area contributed by atoms with E-state index >= 15 is 0 Å². The molecule has 0 heterocycles. The lowest BCUT2D eigenvalue weighted by atomic mass is 9.69. The van der Waals surface area contributed by atoms with Crippen LogP contribution in [0, 0.1) is 10.8 Å². The normalized spacial score (nSPS) is 47.4. The number of ketones is 1. The van der Waals surface area contributed by atoms with E-state index in [9.17, 15) is 9.90 Å². The molecular formula is C11H16O2. The summed E-state index contributed by atoms with van der Waals surface area (Å²) in [4.78, 5) is 11.8. The Bertz CT molecular complexity index is 286. The summed E-state index contributed by atoms with van der Waals surface area (Å²) < 4.78 is 0. The van der Waals surface area contributed by atoms with Crippen LogP contribution in [0.2, 0.25) is 0 Å². The highest BCUT2D eigenvalue weighted by atomic mass is 16.3. The fraction of sp³-hybridized carbons (Fsp3) is 0.727. The first kappa shape index (κ1) is 8.95. The molecule has 0 amide bonds. The largest absolute Gasteiger partial charge is 0.384 e. The van der Waals surface area contributed by atoms with E-state index in [1.54, 1.807) is 0 Å². The number of aliphatic hydroxyl groups is 1. The lowest BCUT2D eigenvalue weighted by molar-refractivity contribution is -0.125. The molecule has 2 unspecified atom stereocenters. The molecule has 0 aromatic rings. The molecule has 2 atom stereocenters. The standard InChI is InChI=1S/C11H16O2/c1-7-8(12)10(4)5-6-11(7,13)9(10,2)3/h13H,1,5-6H2,2-4H3. The quantitative estimate of drug-likeness (QED) is 0.576. The Kier molecular flexibility index (Phi) is 1.31. The monoisotopic (exact) mass is 180 g/mol. The molecule has 0 aliphatic heterocycles. The van der Waals surface area contributed by atoms with E-state index in [0.717, 1.165) is 6.42 Å². The zero-order chi connectivity index (χ0) is 10.1. The third kappa shape index (κ3) is 0.613. The average molecular weight is 180 g/mol. The predicted octanol–water partition coefficient (Wildman–Crippen LogP) is 1.68. The zero-order valence-corrected chi connectivity index (χ0v) is 8.48. The summed E-state index contributed by atoms with van der Waals surface area (Å²) in [6.45, 7) is 9.62. The third-order valence-corrected chi connectivity index (χ3v) is 4.67. The maximum atomic E-state index is 11.8. The van der Waals surface area contributed by atoms with Crippen LogP contribution in [0.4, 0.5) is 0 Å². The minimum Gasteiger partial charge on any atom is -0.384 e. The van der Waals surface area contributed by atoms with Crippen molar-refractivity contribution in [2.24, 2.45) is 10.8 Å². The molecule has 0 aromatic carbocycles. The van der Waals surface area contributed by atoms with Gasteiger partial charge in [-0.05, 0) is 12.8 Å². The van der Waals surface area contributed by atoms with Crippen molar-refractivity contribution in [3.8, 4) is 0 Å². The Hall–Kier alpha value is -0.630. The molecule has 2 saturated carbocycles. The number of fused-ring (bicyclic) bond motifs is 2. The summed E-state index contributed by atoms with van der Waals surface area (Å²) in [6.07, 6.45) is 1.47. The molecule has 13 heavy (non-hydrogen) atoms. The van der Waals surface area contributed by atoms with Crippen LogP contribution in [0.1, 0.15) is 33.6 Å². The maximum absolute atomic E-state index is 11.8. The van der Waals surface area contributed by atoms with Crippen molar-refractivity contribution >= 4 is 5.78 Å². The van der Waals surface area contributed by atoms with Gasteiger partial charge < -0.3 is 5.11 Å². The van der Waals surface area contributed by atoms with Gasteiger partial charge in [0.2, 0.25) is 0 Å². The van der Waals surface area contributed by atoms with Gasteiger partial charge in [-0.1, -0.05) is 27.4 Å². The number of carbonyl (C=O) groups is 1. The van der Waals surface area contributed by atoms with Crippen LogP contribution in [-0.4, -0.2) is 16.5 Å². The van der Waals surface area contributed by atoms with E-state index < -0.39 is 11.0 Å². The number of hydrogen-bond acceptors (Lipinski definition) is 2. The van der Waals surface area contributed by atoms with Crippen molar-refractivity contribution in [1.29, 1.82) is 0 Å². The van der Waals surface area contributed by atoms with Gasteiger partial charge in [-0.2, -0.15) is 0 Å². The summed E-state index contributed by atoms with van der Waals surface area (Å²) in [5, 5.41) is 10.4. The lowest BCUT2D eigenvalue weighted by Crippen LogP contribution is -2.40. The average Bonchev–Trinajstić information content (AvgIpc) is 2.28. The van der Waals surface area contributed by atoms with Crippen molar-refractivity contribution < 1.29 is 9.90 Å². The maximum Gasteiger partial charge on any atom is 0.167 e. The summed E-state index contributed by atoms with van der Waals surface area (Å²) in [5.41, 5.74) is -1.27. The van der Waals surface area contributed by atoms with Gasteiger partial charge in [0.1, 0.15) is 0 Å². The van der Waals surface area contributed by atoms with Crippen molar-refractivity contribution in [3.63, 3.8) is 0 Å². The van der Waals surface area contributed by atoms with Gasteiger partial charge in [0.15, 0.2) is 5.78 Å². The zero-order valence-electron chi connectivity index (χ0n) is 8.48. The van der Waals surface area contributed by atoms with Gasteiger partial charge in [0.05, 0.1) is 5.60 Å². The molecule has 2 nitrogen and oxygen atoms in total. The van der Waals surface area contributed by atoms with Crippen LogP contribution in [-0.2, 0) is 4.79 Å². The summed E-state index contributed by atoms with van der Waals surface area (Å²) in [5.74, 6) is 0.0613. The molecule has 2 aliphatic rings. The first-order chi connectivity index (χ1) is 5.77. The van der Waals surface area contributed by atoms with Gasteiger partial charge >= 0.3 is 0 Å². The predicted molar refractivity (Wildman–Crippen MR) is 50.2 cm³/mol. The van der Waals surface area contributed by atoms with Gasteiger partial charge in [-0.15, -0.1) is 0 Å². The molecule has 2 heteroatoms. The summed E-state index contributed by atoms with van der Waals surface area (Å²) in [6, 6.07) is 0. The fourth-order valence-corrected chi connectivity index (χ4v) is 2.96. The Balaban J connectivity index is 2.68. The van der Waals surface area contributed by atoms with Crippen LogP contribution in [0.15, 0.2) is 12.2 Å². The van der Waals surface area contributed by atoms with Crippen molar-refractivity contribution in [1.82, 2.24) is 0 Å². The summed E-state index contributed by atoms with van der Waals surface area (Å²) >= 11 is 0. The number of carbonyl (C=O) groups excluding carboxylic acids is 1. The second-order valence-electron chi connectivity index (χ2n) is 5.13. The Morgan fingerprint density at radius 2 is 1.85 bits per heavy atom. The molecule has 2 bridgehead atoms. The molecule has 2 rings (SSSR count). The first-order valence-electron chi connectivity index (χ1n) is 4.74. The highest BCUT2D eigenvalue weighted by molar-refractivity contribution is 6.06. The molecule has 0 spiro atoms. The van der Waals surface area contributed by atoms with E-state index in [1.165, 1.54) is 0 Å². The SMILES string of the molecule is C=C1C(=O)C2(C)CCC1(O)C2(C)C. The third-order valence-electron chi connectivity index (χ3n) is 4.67. The minimum atomic E-state index is -0.946. The molecular weight excluding hydrogens is 164 g/mol. The van der Waals surface area contributed by atoms with Gasteiger partial charge in [-0.3, -0.25) is 4.79 Å². The molecule has 0 aromatic heterocycles. The van der Waals surface area contributed by atoms with Crippen molar-refractivity contribution in [2.45, 2.75) is 39.2 Å². The molecule has 0 saturated heterocycles. The minimum absolute atomic E-state index is 0.0613. The van der Waals surface area contributed by atoms with Crippen molar-refractivity contribution in [3.05, 3.63) is 12.2 Å². The summed E-state index contributed by atoms with van der Waals surface area (Å²) in [7, 11) is 0.